The highest BCUT2D eigenvalue weighted by Gasteiger charge is 2.17. The van der Waals surface area contributed by atoms with Crippen molar-refractivity contribution in [2.75, 3.05) is 7.11 Å². The van der Waals surface area contributed by atoms with Gasteiger partial charge in [0.15, 0.2) is 17.3 Å². The molecule has 198 valence electrons. The molecule has 9 heteroatoms. The number of methoxy groups -OCH3 is 1. The molecule has 0 radical (unpaired) electrons. The third-order valence-electron chi connectivity index (χ3n) is 6.27. The highest BCUT2D eigenvalue weighted by molar-refractivity contribution is 9.10. The number of ether oxygens (including phenoxy) is 2. The van der Waals surface area contributed by atoms with Crippen LogP contribution in [0.2, 0.25) is 5.02 Å². The first-order chi connectivity index (χ1) is 19.5. The Labute approximate surface area is 242 Å². The number of para-hydroxylation sites is 1. The molecule has 0 spiro atoms. The molecule has 0 aliphatic rings. The van der Waals surface area contributed by atoms with Crippen LogP contribution in [0.4, 0.5) is 0 Å². The summed E-state index contributed by atoms with van der Waals surface area (Å²) in [6.45, 7) is 0.358. The first-order valence-corrected chi connectivity index (χ1v) is 13.5. The van der Waals surface area contributed by atoms with Crippen molar-refractivity contribution in [2.24, 2.45) is 5.10 Å². The molecule has 0 saturated carbocycles. The molecule has 2 aromatic heterocycles. The van der Waals surface area contributed by atoms with Crippen LogP contribution < -0.4 is 15.0 Å². The van der Waals surface area contributed by atoms with E-state index in [1.807, 2.05) is 60.7 Å². The predicted octanol–water partition coefficient (Wildman–Crippen LogP) is 7.70. The second-order valence-electron chi connectivity index (χ2n) is 8.93. The van der Waals surface area contributed by atoms with Gasteiger partial charge in [0.25, 0.3) is 5.56 Å². The smallest absolute Gasteiger partial charge is 0.282 e. The molecule has 0 aliphatic heterocycles. The van der Waals surface area contributed by atoms with E-state index in [2.05, 4.69) is 21.0 Å². The van der Waals surface area contributed by atoms with Crippen LogP contribution in [0.15, 0.2) is 110 Å². The van der Waals surface area contributed by atoms with Gasteiger partial charge in [-0.05, 0) is 77.9 Å². The van der Waals surface area contributed by atoms with E-state index in [4.69, 9.17) is 30.5 Å². The van der Waals surface area contributed by atoms with Crippen molar-refractivity contribution in [3.63, 3.8) is 0 Å². The van der Waals surface area contributed by atoms with Crippen molar-refractivity contribution in [1.29, 1.82) is 0 Å². The summed E-state index contributed by atoms with van der Waals surface area (Å²) in [6, 6.07) is 27.6. The molecule has 0 saturated heterocycles. The van der Waals surface area contributed by atoms with Crippen molar-refractivity contribution in [2.45, 2.75) is 6.61 Å². The summed E-state index contributed by atoms with van der Waals surface area (Å²) < 4.78 is 19.8. The summed E-state index contributed by atoms with van der Waals surface area (Å²) in [7, 11) is 1.57. The lowest BCUT2D eigenvalue weighted by molar-refractivity contribution is 0.284. The molecule has 0 aliphatic carbocycles. The Morgan fingerprint density at radius 1 is 1.00 bits per heavy atom. The molecular weight excluding hydrogens is 594 g/mol. The van der Waals surface area contributed by atoms with Gasteiger partial charge < -0.3 is 13.9 Å². The van der Waals surface area contributed by atoms with Gasteiger partial charge in [0.2, 0.25) is 5.82 Å². The van der Waals surface area contributed by atoms with E-state index in [0.29, 0.717) is 56.8 Å². The Balaban J connectivity index is 1.36. The molecule has 0 N–H and O–H groups in total. The first-order valence-electron chi connectivity index (χ1n) is 12.3. The zero-order valence-electron chi connectivity index (χ0n) is 21.2. The fourth-order valence-corrected chi connectivity index (χ4v) is 4.77. The zero-order valence-corrected chi connectivity index (χ0v) is 23.5. The Kier molecular flexibility index (Phi) is 7.11. The topological polar surface area (TPSA) is 78.9 Å². The molecular formula is C31H21BrClN3O4. The van der Waals surface area contributed by atoms with E-state index >= 15 is 0 Å². The maximum atomic E-state index is 13.5. The largest absolute Gasteiger partial charge is 0.493 e. The van der Waals surface area contributed by atoms with Gasteiger partial charge in [0.1, 0.15) is 12.2 Å². The van der Waals surface area contributed by atoms with Crippen LogP contribution >= 0.6 is 27.5 Å². The van der Waals surface area contributed by atoms with Gasteiger partial charge in [-0.15, -0.1) is 0 Å². The summed E-state index contributed by atoms with van der Waals surface area (Å²) in [6.07, 6.45) is 1.58. The molecule has 40 heavy (non-hydrogen) atoms. The van der Waals surface area contributed by atoms with Crippen molar-refractivity contribution in [1.82, 2.24) is 9.66 Å². The number of halogens is 2. The van der Waals surface area contributed by atoms with E-state index in [0.717, 1.165) is 15.4 Å². The Morgan fingerprint density at radius 3 is 2.65 bits per heavy atom. The summed E-state index contributed by atoms with van der Waals surface area (Å²) in [5.41, 5.74) is 2.60. The molecule has 6 aromatic rings. The quantitative estimate of drug-likeness (QED) is 0.172. The predicted molar refractivity (Wildman–Crippen MR) is 161 cm³/mol. The van der Waals surface area contributed by atoms with E-state index < -0.39 is 0 Å². The highest BCUT2D eigenvalue weighted by atomic mass is 79.9. The number of aromatic nitrogens is 2. The van der Waals surface area contributed by atoms with Crippen molar-refractivity contribution in [3.8, 4) is 23.1 Å². The third kappa shape index (κ3) is 5.23. The van der Waals surface area contributed by atoms with Gasteiger partial charge in [-0.1, -0.05) is 51.8 Å². The second-order valence-corrected chi connectivity index (χ2v) is 10.3. The van der Waals surface area contributed by atoms with E-state index in [1.54, 1.807) is 43.7 Å². The molecule has 0 unspecified atom stereocenters. The summed E-state index contributed by atoms with van der Waals surface area (Å²) in [4.78, 5) is 18.3. The van der Waals surface area contributed by atoms with E-state index in [1.165, 1.54) is 4.68 Å². The third-order valence-corrected chi connectivity index (χ3v) is 7.02. The maximum Gasteiger partial charge on any atom is 0.282 e. The number of hydrogen-bond acceptors (Lipinski definition) is 6. The normalized spacial score (nSPS) is 11.5. The van der Waals surface area contributed by atoms with Crippen LogP contribution in [0.1, 0.15) is 11.1 Å². The molecule has 0 fully saturated rings. The van der Waals surface area contributed by atoms with E-state index in [9.17, 15) is 4.79 Å². The van der Waals surface area contributed by atoms with Crippen molar-refractivity contribution >= 4 is 55.6 Å². The lowest BCUT2D eigenvalue weighted by Crippen LogP contribution is -2.20. The molecule has 0 atom stereocenters. The SMILES string of the molecule is COc1cc(C=Nn2c(-c3cc4cc(Br)ccc4o3)nc3ccccc3c2=O)ccc1OCc1ccc(Cl)cc1. The van der Waals surface area contributed by atoms with Gasteiger partial charge in [0.05, 0.1) is 24.2 Å². The Bertz CT molecular complexity index is 1950. The Hall–Kier alpha value is -4.40. The fraction of sp³-hybridized carbons (Fsp3) is 0.0645. The summed E-state index contributed by atoms with van der Waals surface area (Å²) in [5.74, 6) is 1.83. The zero-order chi connectivity index (χ0) is 27.6. The number of fused-ring (bicyclic) bond motifs is 2. The highest BCUT2D eigenvalue weighted by Crippen LogP contribution is 2.30. The summed E-state index contributed by atoms with van der Waals surface area (Å²) in [5, 5.41) is 6.53. The van der Waals surface area contributed by atoms with Gasteiger partial charge in [0, 0.05) is 14.9 Å². The number of furan rings is 1. The fourth-order valence-electron chi connectivity index (χ4n) is 4.26. The number of hydrogen-bond donors (Lipinski definition) is 0. The van der Waals surface area contributed by atoms with Crippen LogP contribution in [-0.2, 0) is 6.61 Å². The van der Waals surface area contributed by atoms with Crippen LogP contribution in [0.25, 0.3) is 33.5 Å². The van der Waals surface area contributed by atoms with Crippen LogP contribution in [0, 0.1) is 0 Å². The number of benzene rings is 4. The minimum atomic E-state index is -0.312. The van der Waals surface area contributed by atoms with Gasteiger partial charge in [-0.3, -0.25) is 4.79 Å². The maximum absolute atomic E-state index is 13.5. The van der Waals surface area contributed by atoms with Gasteiger partial charge in [-0.25, -0.2) is 4.98 Å². The molecule has 2 heterocycles. The average molecular weight is 615 g/mol. The van der Waals surface area contributed by atoms with Crippen molar-refractivity contribution in [3.05, 3.63) is 122 Å². The summed E-state index contributed by atoms with van der Waals surface area (Å²) >= 11 is 9.46. The van der Waals surface area contributed by atoms with Crippen LogP contribution in [0.5, 0.6) is 11.5 Å². The molecule has 7 nitrogen and oxygen atoms in total. The molecule has 6 rings (SSSR count). The molecule has 0 amide bonds. The van der Waals surface area contributed by atoms with Crippen LogP contribution in [-0.4, -0.2) is 23.0 Å². The standard InChI is InChI=1S/C31H21BrClN3O4/c1-38-28-14-20(8-12-27(28)39-18-19-6-10-23(33)11-7-19)17-34-36-30(35-25-5-3-2-4-24(25)31(36)37)29-16-21-15-22(32)9-13-26(21)40-29/h2-17H,18H2,1H3. The lowest BCUT2D eigenvalue weighted by Gasteiger charge is -2.11. The van der Waals surface area contributed by atoms with E-state index in [-0.39, 0.29) is 5.56 Å². The Morgan fingerprint density at radius 2 is 1.82 bits per heavy atom. The molecule has 0 bridgehead atoms. The van der Waals surface area contributed by atoms with Crippen molar-refractivity contribution < 1.29 is 13.9 Å². The number of rotatable bonds is 7. The minimum Gasteiger partial charge on any atom is -0.493 e. The molecule has 4 aromatic carbocycles. The number of nitrogens with zero attached hydrogens (tertiary/aromatic N) is 3. The average Bonchev–Trinajstić information content (AvgIpc) is 3.39. The second kappa shape index (κ2) is 11.0. The lowest BCUT2D eigenvalue weighted by atomic mass is 10.2. The monoisotopic (exact) mass is 613 g/mol. The minimum absolute atomic E-state index is 0.294. The van der Waals surface area contributed by atoms with Crippen LogP contribution in [0.3, 0.4) is 0 Å². The first kappa shape index (κ1) is 25.9. The van der Waals surface area contributed by atoms with Gasteiger partial charge >= 0.3 is 0 Å². The van der Waals surface area contributed by atoms with Gasteiger partial charge in [-0.2, -0.15) is 9.78 Å².